The molecule has 1 saturated heterocycles. The summed E-state index contributed by atoms with van der Waals surface area (Å²) in [5.74, 6) is 0.665. The Hall–Kier alpha value is -1.09. The van der Waals surface area contributed by atoms with Gasteiger partial charge in [-0.2, -0.15) is 0 Å². The van der Waals surface area contributed by atoms with E-state index in [9.17, 15) is 0 Å². The van der Waals surface area contributed by atoms with Crippen molar-refractivity contribution in [2.24, 2.45) is 11.7 Å². The van der Waals surface area contributed by atoms with Crippen LogP contribution in [0.15, 0.2) is 12.3 Å². The number of hydrogen-bond acceptors (Lipinski definition) is 3. The topological polar surface area (TPSA) is 42.1 Å². The molecule has 2 heterocycles. The fraction of sp³-hybridized carbons (Fsp3) is 0.583. The van der Waals surface area contributed by atoms with E-state index in [1.54, 1.807) is 0 Å². The number of aryl methyl sites for hydroxylation is 2. The highest BCUT2D eigenvalue weighted by molar-refractivity contribution is 5.53. The predicted molar refractivity (Wildman–Crippen MR) is 63.1 cm³/mol. The van der Waals surface area contributed by atoms with Gasteiger partial charge in [0, 0.05) is 30.7 Å². The lowest BCUT2D eigenvalue weighted by Gasteiger charge is -2.21. The summed E-state index contributed by atoms with van der Waals surface area (Å²) in [6, 6.07) is 2.17. The van der Waals surface area contributed by atoms with Crippen LogP contribution in [0.1, 0.15) is 17.7 Å². The molecule has 1 aliphatic heterocycles. The molecule has 82 valence electrons. The molecule has 0 aromatic carbocycles. The molecule has 0 amide bonds. The second-order valence-corrected chi connectivity index (χ2v) is 4.45. The van der Waals surface area contributed by atoms with E-state index in [0.717, 1.165) is 25.3 Å². The van der Waals surface area contributed by atoms with Crippen molar-refractivity contribution in [2.75, 3.05) is 24.5 Å². The van der Waals surface area contributed by atoms with Crippen LogP contribution in [-0.4, -0.2) is 24.6 Å². The van der Waals surface area contributed by atoms with Crippen molar-refractivity contribution in [1.82, 2.24) is 4.98 Å². The fourth-order valence-corrected chi connectivity index (χ4v) is 2.20. The van der Waals surface area contributed by atoms with Gasteiger partial charge in [0.25, 0.3) is 0 Å². The molecule has 1 aromatic rings. The Bertz CT molecular complexity index is 349. The van der Waals surface area contributed by atoms with Crippen LogP contribution in [0.25, 0.3) is 0 Å². The van der Waals surface area contributed by atoms with E-state index in [4.69, 9.17) is 5.73 Å². The van der Waals surface area contributed by atoms with Crippen LogP contribution in [0.4, 0.5) is 5.69 Å². The summed E-state index contributed by atoms with van der Waals surface area (Å²) in [6.45, 7) is 7.20. The molecule has 1 atom stereocenters. The van der Waals surface area contributed by atoms with E-state index in [1.807, 2.05) is 13.1 Å². The van der Waals surface area contributed by atoms with E-state index in [-0.39, 0.29) is 0 Å². The summed E-state index contributed by atoms with van der Waals surface area (Å²) in [6.07, 6.45) is 3.18. The monoisotopic (exact) mass is 205 g/mol. The zero-order valence-electron chi connectivity index (χ0n) is 9.53. The van der Waals surface area contributed by atoms with Gasteiger partial charge in [0.2, 0.25) is 0 Å². The summed E-state index contributed by atoms with van der Waals surface area (Å²) in [4.78, 5) is 6.73. The fourth-order valence-electron chi connectivity index (χ4n) is 2.20. The van der Waals surface area contributed by atoms with E-state index in [2.05, 4.69) is 22.9 Å². The SMILES string of the molecule is Cc1cc(N2CCC(CN)C2)c(C)cn1. The third kappa shape index (κ3) is 2.12. The Morgan fingerprint density at radius 1 is 1.53 bits per heavy atom. The van der Waals surface area contributed by atoms with Crippen LogP contribution < -0.4 is 10.6 Å². The molecule has 0 aliphatic carbocycles. The normalized spacial score (nSPS) is 21.0. The minimum Gasteiger partial charge on any atom is -0.371 e. The van der Waals surface area contributed by atoms with Crippen molar-refractivity contribution in [3.05, 3.63) is 23.5 Å². The third-order valence-corrected chi connectivity index (χ3v) is 3.17. The molecule has 3 heteroatoms. The largest absolute Gasteiger partial charge is 0.371 e. The van der Waals surface area contributed by atoms with Crippen LogP contribution in [0.5, 0.6) is 0 Å². The molecule has 0 bridgehead atoms. The lowest BCUT2D eigenvalue weighted by Crippen LogP contribution is -2.23. The zero-order chi connectivity index (χ0) is 10.8. The molecular formula is C12H19N3. The lowest BCUT2D eigenvalue weighted by atomic mass is 10.1. The molecule has 1 aliphatic rings. The predicted octanol–water partition coefficient (Wildman–Crippen LogP) is 1.48. The second-order valence-electron chi connectivity index (χ2n) is 4.45. The standard InChI is InChI=1S/C12H19N3/c1-9-7-14-10(2)5-12(9)15-4-3-11(6-13)8-15/h5,7,11H,3-4,6,8,13H2,1-2H3. The first kappa shape index (κ1) is 10.4. The molecule has 0 saturated carbocycles. The third-order valence-electron chi connectivity index (χ3n) is 3.17. The van der Waals surface area contributed by atoms with Gasteiger partial charge in [-0.3, -0.25) is 4.98 Å². The molecular weight excluding hydrogens is 186 g/mol. The van der Waals surface area contributed by atoms with Gasteiger partial charge in [0.05, 0.1) is 0 Å². The van der Waals surface area contributed by atoms with Crippen molar-refractivity contribution in [3.63, 3.8) is 0 Å². The number of hydrogen-bond donors (Lipinski definition) is 1. The molecule has 1 unspecified atom stereocenters. The van der Waals surface area contributed by atoms with E-state index >= 15 is 0 Å². The molecule has 2 rings (SSSR count). The number of pyridine rings is 1. The first-order valence-corrected chi connectivity index (χ1v) is 5.59. The van der Waals surface area contributed by atoms with Gasteiger partial charge in [0.1, 0.15) is 0 Å². The molecule has 15 heavy (non-hydrogen) atoms. The van der Waals surface area contributed by atoms with E-state index < -0.39 is 0 Å². The summed E-state index contributed by atoms with van der Waals surface area (Å²) < 4.78 is 0. The van der Waals surface area contributed by atoms with Gasteiger partial charge < -0.3 is 10.6 Å². The van der Waals surface area contributed by atoms with E-state index in [1.165, 1.54) is 17.7 Å². The van der Waals surface area contributed by atoms with E-state index in [0.29, 0.717) is 5.92 Å². The highest BCUT2D eigenvalue weighted by atomic mass is 15.2. The van der Waals surface area contributed by atoms with Crippen LogP contribution in [-0.2, 0) is 0 Å². The van der Waals surface area contributed by atoms with Crippen LogP contribution in [0.2, 0.25) is 0 Å². The molecule has 1 fully saturated rings. The molecule has 3 nitrogen and oxygen atoms in total. The van der Waals surface area contributed by atoms with Gasteiger partial charge in [-0.1, -0.05) is 0 Å². The average Bonchev–Trinajstić information content (AvgIpc) is 2.70. The van der Waals surface area contributed by atoms with Gasteiger partial charge in [0.15, 0.2) is 0 Å². The molecule has 1 aromatic heterocycles. The summed E-state index contributed by atoms with van der Waals surface area (Å²) in [5.41, 5.74) is 9.39. The quantitative estimate of drug-likeness (QED) is 0.795. The number of aromatic nitrogens is 1. The van der Waals surface area contributed by atoms with Crippen LogP contribution in [0, 0.1) is 19.8 Å². The molecule has 0 radical (unpaired) electrons. The van der Waals surface area contributed by atoms with Gasteiger partial charge >= 0.3 is 0 Å². The number of anilines is 1. The Morgan fingerprint density at radius 2 is 2.33 bits per heavy atom. The maximum absolute atomic E-state index is 5.70. The minimum atomic E-state index is 0.665. The van der Waals surface area contributed by atoms with Crippen LogP contribution in [0.3, 0.4) is 0 Å². The van der Waals surface area contributed by atoms with Crippen LogP contribution >= 0.6 is 0 Å². The summed E-state index contributed by atoms with van der Waals surface area (Å²) >= 11 is 0. The Kier molecular flexibility index (Phi) is 2.91. The summed E-state index contributed by atoms with van der Waals surface area (Å²) in [5, 5.41) is 0. The number of nitrogens with two attached hydrogens (primary N) is 1. The highest BCUT2D eigenvalue weighted by Gasteiger charge is 2.22. The molecule has 2 N–H and O–H groups in total. The second kappa shape index (κ2) is 4.19. The van der Waals surface area contributed by atoms with Crippen molar-refractivity contribution in [1.29, 1.82) is 0 Å². The molecule has 0 spiro atoms. The zero-order valence-corrected chi connectivity index (χ0v) is 9.53. The smallest absolute Gasteiger partial charge is 0.0429 e. The van der Waals surface area contributed by atoms with Crippen molar-refractivity contribution >= 4 is 5.69 Å². The maximum Gasteiger partial charge on any atom is 0.0429 e. The number of nitrogens with zero attached hydrogens (tertiary/aromatic N) is 2. The van der Waals surface area contributed by atoms with Gasteiger partial charge in [-0.15, -0.1) is 0 Å². The van der Waals surface area contributed by atoms with Crippen molar-refractivity contribution < 1.29 is 0 Å². The Morgan fingerprint density at radius 3 is 3.00 bits per heavy atom. The Labute approximate surface area is 91.3 Å². The average molecular weight is 205 g/mol. The minimum absolute atomic E-state index is 0.665. The highest BCUT2D eigenvalue weighted by Crippen LogP contribution is 2.26. The van der Waals surface area contributed by atoms with Gasteiger partial charge in [-0.25, -0.2) is 0 Å². The first-order chi connectivity index (χ1) is 7.20. The Balaban J connectivity index is 2.19. The van der Waals surface area contributed by atoms with Gasteiger partial charge in [-0.05, 0) is 44.4 Å². The maximum atomic E-state index is 5.70. The van der Waals surface area contributed by atoms with Crippen molar-refractivity contribution in [3.8, 4) is 0 Å². The first-order valence-electron chi connectivity index (χ1n) is 5.59. The number of rotatable bonds is 2. The summed E-state index contributed by atoms with van der Waals surface area (Å²) in [7, 11) is 0. The van der Waals surface area contributed by atoms with Crippen molar-refractivity contribution in [2.45, 2.75) is 20.3 Å². The lowest BCUT2D eigenvalue weighted by molar-refractivity contribution is 0.602.